The Kier molecular flexibility index (Phi) is 2.27. The van der Waals surface area contributed by atoms with E-state index < -0.39 is 34.5 Å². The maximum Gasteiger partial charge on any atom is 0.254 e. The molecule has 1 rings (SSSR count). The molecule has 0 unspecified atom stereocenters. The van der Waals surface area contributed by atoms with Crippen LogP contribution in [0.3, 0.4) is 0 Å². The van der Waals surface area contributed by atoms with Crippen molar-refractivity contribution in [2.45, 2.75) is 6.92 Å². The summed E-state index contributed by atoms with van der Waals surface area (Å²) in [4.78, 5) is 10.5. The predicted octanol–water partition coefficient (Wildman–Crippen LogP) is 1.51. The second-order valence-electron chi connectivity index (χ2n) is 2.52. The molecule has 1 aromatic rings. The molecule has 0 radical (unpaired) electrons. The third kappa shape index (κ3) is 1.49. The third-order valence-corrected chi connectivity index (χ3v) is 1.65. The van der Waals surface area contributed by atoms with Crippen LogP contribution in [-0.4, -0.2) is 5.91 Å². The first-order valence-corrected chi connectivity index (χ1v) is 3.39. The van der Waals surface area contributed by atoms with Gasteiger partial charge in [0.15, 0.2) is 0 Å². The summed E-state index contributed by atoms with van der Waals surface area (Å²) < 4.78 is 38.4. The molecule has 0 atom stereocenters. The molecule has 2 N–H and O–H groups in total. The molecule has 0 aliphatic rings. The molecule has 5 heteroatoms. The van der Waals surface area contributed by atoms with Crippen LogP contribution in [-0.2, 0) is 0 Å². The van der Waals surface area contributed by atoms with Crippen molar-refractivity contribution in [3.05, 3.63) is 34.6 Å². The van der Waals surface area contributed by atoms with E-state index in [1.807, 2.05) is 0 Å². The number of carbonyl (C=O) groups excluding carboxylic acids is 1. The normalized spacial score (nSPS) is 10.2. The van der Waals surface area contributed by atoms with E-state index in [0.29, 0.717) is 6.07 Å². The summed E-state index contributed by atoms with van der Waals surface area (Å²) >= 11 is 0. The van der Waals surface area contributed by atoms with Gasteiger partial charge in [0.25, 0.3) is 5.91 Å². The van der Waals surface area contributed by atoms with Crippen molar-refractivity contribution in [1.29, 1.82) is 0 Å². The van der Waals surface area contributed by atoms with Gasteiger partial charge in [0, 0.05) is 11.6 Å². The fraction of sp³-hybridized carbons (Fsp3) is 0.125. The van der Waals surface area contributed by atoms with Crippen LogP contribution < -0.4 is 5.73 Å². The molecule has 0 aliphatic carbocycles. The summed E-state index contributed by atoms with van der Waals surface area (Å²) in [5.74, 6) is -4.82. The van der Waals surface area contributed by atoms with Gasteiger partial charge < -0.3 is 5.73 Å². The van der Waals surface area contributed by atoms with Crippen molar-refractivity contribution in [2.75, 3.05) is 0 Å². The van der Waals surface area contributed by atoms with Crippen molar-refractivity contribution < 1.29 is 18.0 Å². The average molecular weight is 189 g/mol. The Balaban J connectivity index is 3.53. The molecule has 0 aliphatic heterocycles. The third-order valence-electron chi connectivity index (χ3n) is 1.65. The minimum atomic E-state index is -1.28. The number of amides is 1. The smallest absolute Gasteiger partial charge is 0.254 e. The maximum atomic E-state index is 13.0. The maximum absolute atomic E-state index is 13.0. The lowest BCUT2D eigenvalue weighted by Crippen LogP contribution is -2.17. The minimum absolute atomic E-state index is 0.421. The van der Waals surface area contributed by atoms with Gasteiger partial charge in [-0.2, -0.15) is 0 Å². The fourth-order valence-electron chi connectivity index (χ4n) is 0.915. The van der Waals surface area contributed by atoms with E-state index >= 15 is 0 Å². The highest BCUT2D eigenvalue weighted by Crippen LogP contribution is 2.18. The number of carbonyl (C=O) groups is 1. The second-order valence-corrected chi connectivity index (χ2v) is 2.52. The lowest BCUT2D eigenvalue weighted by molar-refractivity contribution is 0.0992. The molecule has 0 fully saturated rings. The lowest BCUT2D eigenvalue weighted by atomic mass is 10.1. The zero-order chi connectivity index (χ0) is 10.2. The number of benzene rings is 1. The molecule has 13 heavy (non-hydrogen) atoms. The largest absolute Gasteiger partial charge is 0.365 e. The van der Waals surface area contributed by atoms with Crippen LogP contribution in [0.5, 0.6) is 0 Å². The number of primary amides is 1. The van der Waals surface area contributed by atoms with Gasteiger partial charge in [-0.15, -0.1) is 0 Å². The Hall–Kier alpha value is -1.52. The quantitative estimate of drug-likeness (QED) is 0.714. The Morgan fingerprint density at radius 2 is 1.85 bits per heavy atom. The van der Waals surface area contributed by atoms with Crippen LogP contribution in [0.15, 0.2) is 6.07 Å². The molecule has 0 aromatic heterocycles. The van der Waals surface area contributed by atoms with Crippen LogP contribution in [0, 0.1) is 24.4 Å². The van der Waals surface area contributed by atoms with Crippen molar-refractivity contribution in [1.82, 2.24) is 0 Å². The zero-order valence-corrected chi connectivity index (χ0v) is 6.70. The first-order chi connectivity index (χ1) is 5.95. The average Bonchev–Trinajstić information content (AvgIpc) is 1.99. The minimum Gasteiger partial charge on any atom is -0.365 e. The molecule has 0 bridgehead atoms. The number of halogens is 3. The number of hydrogen-bond acceptors (Lipinski definition) is 1. The summed E-state index contributed by atoms with van der Waals surface area (Å²) in [6, 6.07) is 0.429. The summed E-state index contributed by atoms with van der Waals surface area (Å²) in [7, 11) is 0. The van der Waals surface area contributed by atoms with Crippen LogP contribution in [0.25, 0.3) is 0 Å². The van der Waals surface area contributed by atoms with E-state index in [0.717, 1.165) is 6.92 Å². The van der Waals surface area contributed by atoms with Gasteiger partial charge in [0.05, 0.1) is 0 Å². The number of hydrogen-bond donors (Lipinski definition) is 1. The Morgan fingerprint density at radius 1 is 1.31 bits per heavy atom. The summed E-state index contributed by atoms with van der Waals surface area (Å²) in [6.45, 7) is 1.09. The molecule has 2 nitrogen and oxygen atoms in total. The summed E-state index contributed by atoms with van der Waals surface area (Å²) in [5.41, 5.74) is 3.37. The SMILES string of the molecule is Cc1c(F)cc(F)c(C(N)=O)c1F. The molecular formula is C8H6F3NO. The van der Waals surface area contributed by atoms with Gasteiger partial charge in [-0.1, -0.05) is 0 Å². The first-order valence-electron chi connectivity index (χ1n) is 3.39. The number of nitrogens with two attached hydrogens (primary N) is 1. The standard InChI is InChI=1S/C8H6F3NO/c1-3-4(9)2-5(10)6(7(3)11)8(12)13/h2H,1H3,(H2,12,13). The van der Waals surface area contributed by atoms with Crippen LogP contribution >= 0.6 is 0 Å². The highest BCUT2D eigenvalue weighted by molar-refractivity contribution is 5.93. The predicted molar refractivity (Wildman–Crippen MR) is 39.6 cm³/mol. The topological polar surface area (TPSA) is 43.1 Å². The van der Waals surface area contributed by atoms with Gasteiger partial charge in [-0.25, -0.2) is 13.2 Å². The molecule has 0 saturated carbocycles. The van der Waals surface area contributed by atoms with Crippen LogP contribution in [0.2, 0.25) is 0 Å². The molecular weight excluding hydrogens is 183 g/mol. The van der Waals surface area contributed by atoms with E-state index in [2.05, 4.69) is 0 Å². The highest BCUT2D eigenvalue weighted by atomic mass is 19.1. The molecule has 0 heterocycles. The lowest BCUT2D eigenvalue weighted by Gasteiger charge is -2.04. The number of rotatable bonds is 1. The Morgan fingerprint density at radius 3 is 2.31 bits per heavy atom. The van der Waals surface area contributed by atoms with Crippen molar-refractivity contribution in [3.8, 4) is 0 Å². The van der Waals surface area contributed by atoms with Crippen LogP contribution in [0.1, 0.15) is 15.9 Å². The van der Waals surface area contributed by atoms with E-state index in [9.17, 15) is 18.0 Å². The molecule has 1 amide bonds. The van der Waals surface area contributed by atoms with Crippen molar-refractivity contribution in [2.24, 2.45) is 5.73 Å². The van der Waals surface area contributed by atoms with Gasteiger partial charge in [-0.3, -0.25) is 4.79 Å². The highest BCUT2D eigenvalue weighted by Gasteiger charge is 2.19. The van der Waals surface area contributed by atoms with Crippen molar-refractivity contribution >= 4 is 5.91 Å². The van der Waals surface area contributed by atoms with E-state index in [1.165, 1.54) is 0 Å². The molecule has 1 aromatic carbocycles. The van der Waals surface area contributed by atoms with E-state index in [-0.39, 0.29) is 0 Å². The molecule has 0 saturated heterocycles. The van der Waals surface area contributed by atoms with Gasteiger partial charge in [-0.05, 0) is 6.92 Å². The summed E-state index contributed by atoms with van der Waals surface area (Å²) in [5, 5.41) is 0. The summed E-state index contributed by atoms with van der Waals surface area (Å²) in [6.07, 6.45) is 0. The first kappa shape index (κ1) is 9.57. The van der Waals surface area contributed by atoms with E-state index in [1.54, 1.807) is 0 Å². The molecule has 0 spiro atoms. The Bertz CT molecular complexity index is 376. The van der Waals surface area contributed by atoms with Gasteiger partial charge >= 0.3 is 0 Å². The Labute approximate surface area is 72.2 Å². The van der Waals surface area contributed by atoms with E-state index in [4.69, 9.17) is 5.73 Å². The zero-order valence-electron chi connectivity index (χ0n) is 6.70. The van der Waals surface area contributed by atoms with Gasteiger partial charge in [0.1, 0.15) is 23.0 Å². The fourth-order valence-corrected chi connectivity index (χ4v) is 0.915. The molecule has 70 valence electrons. The second kappa shape index (κ2) is 3.08. The van der Waals surface area contributed by atoms with Gasteiger partial charge in [0.2, 0.25) is 0 Å². The van der Waals surface area contributed by atoms with Crippen molar-refractivity contribution in [3.63, 3.8) is 0 Å². The van der Waals surface area contributed by atoms with Crippen LogP contribution in [0.4, 0.5) is 13.2 Å². The monoisotopic (exact) mass is 189 g/mol.